The highest BCUT2D eigenvalue weighted by Crippen LogP contribution is 2.28. The van der Waals surface area contributed by atoms with Gasteiger partial charge in [-0.3, -0.25) is 4.68 Å². The molecule has 1 N–H and O–H groups in total. The van der Waals surface area contributed by atoms with E-state index in [0.717, 1.165) is 25.8 Å². The van der Waals surface area contributed by atoms with Crippen molar-refractivity contribution in [1.82, 2.24) is 19.4 Å². The lowest BCUT2D eigenvalue weighted by atomic mass is 9.94. The molecule has 0 atom stereocenters. The van der Waals surface area contributed by atoms with E-state index in [4.69, 9.17) is 0 Å². The van der Waals surface area contributed by atoms with E-state index in [9.17, 15) is 8.42 Å². The maximum absolute atomic E-state index is 12.4. The average Bonchev–Trinajstić information content (AvgIpc) is 3.03. The maximum atomic E-state index is 12.4. The van der Waals surface area contributed by atoms with Gasteiger partial charge in [0.2, 0.25) is 10.0 Å². The van der Waals surface area contributed by atoms with E-state index in [1.165, 1.54) is 23.3 Å². The largest absolute Gasteiger partial charge is 0.312 e. The quantitative estimate of drug-likeness (QED) is 0.809. The van der Waals surface area contributed by atoms with Crippen LogP contribution in [0.1, 0.15) is 32.1 Å². The van der Waals surface area contributed by atoms with Gasteiger partial charge in [-0.2, -0.15) is 9.40 Å². The van der Waals surface area contributed by atoms with Crippen LogP contribution in [0.4, 0.5) is 0 Å². The molecule has 0 amide bonds. The number of hydrogen-bond acceptors (Lipinski definition) is 4. The molecular weight excluding hydrogens is 276 g/mol. The number of nitrogens with zero attached hydrogens (tertiary/aromatic N) is 3. The second-order valence-corrected chi connectivity index (χ2v) is 7.77. The summed E-state index contributed by atoms with van der Waals surface area (Å²) in [6.07, 6.45) is 8.66. The van der Waals surface area contributed by atoms with E-state index in [1.54, 1.807) is 17.9 Å². The van der Waals surface area contributed by atoms with Crippen molar-refractivity contribution in [3.05, 3.63) is 12.4 Å². The highest BCUT2D eigenvalue weighted by atomic mass is 32.2. The van der Waals surface area contributed by atoms with Gasteiger partial charge in [-0.1, -0.05) is 6.42 Å². The molecule has 1 aromatic heterocycles. The van der Waals surface area contributed by atoms with Crippen molar-refractivity contribution in [2.24, 2.45) is 0 Å². The number of nitrogens with one attached hydrogen (secondary N) is 1. The monoisotopic (exact) mass is 298 g/mol. The first-order valence-corrected chi connectivity index (χ1v) is 8.75. The molecule has 1 heterocycles. The van der Waals surface area contributed by atoms with Crippen LogP contribution in [0.5, 0.6) is 0 Å². The highest BCUT2D eigenvalue weighted by Gasteiger charge is 2.32. The first-order valence-electron chi connectivity index (χ1n) is 7.31. The van der Waals surface area contributed by atoms with Crippen molar-refractivity contribution >= 4 is 10.0 Å². The van der Waals surface area contributed by atoms with Gasteiger partial charge < -0.3 is 5.32 Å². The summed E-state index contributed by atoms with van der Waals surface area (Å²) in [7, 11) is -1.71. The Hall–Kier alpha value is -0.920. The summed E-state index contributed by atoms with van der Waals surface area (Å²) >= 11 is 0. The van der Waals surface area contributed by atoms with E-state index in [2.05, 4.69) is 10.4 Å². The fourth-order valence-corrected chi connectivity index (χ4v) is 3.75. The minimum atomic E-state index is -3.38. The molecule has 2 aliphatic carbocycles. The van der Waals surface area contributed by atoms with Gasteiger partial charge in [0.15, 0.2) is 0 Å². The zero-order valence-electron chi connectivity index (χ0n) is 11.8. The maximum Gasteiger partial charge on any atom is 0.246 e. The van der Waals surface area contributed by atoms with E-state index in [0.29, 0.717) is 17.5 Å². The van der Waals surface area contributed by atoms with Gasteiger partial charge in [0, 0.05) is 31.9 Å². The summed E-state index contributed by atoms with van der Waals surface area (Å²) in [4.78, 5) is 0.304. The zero-order valence-corrected chi connectivity index (χ0v) is 12.6. The third-order valence-electron chi connectivity index (χ3n) is 4.23. The summed E-state index contributed by atoms with van der Waals surface area (Å²) in [5.74, 6) is 0. The van der Waals surface area contributed by atoms with Crippen molar-refractivity contribution in [1.29, 1.82) is 0 Å². The molecule has 0 aromatic carbocycles. The van der Waals surface area contributed by atoms with Crippen LogP contribution in [0.3, 0.4) is 0 Å². The highest BCUT2D eigenvalue weighted by molar-refractivity contribution is 7.89. The second kappa shape index (κ2) is 5.46. The number of sulfonamides is 1. The van der Waals surface area contributed by atoms with E-state index in [-0.39, 0.29) is 6.04 Å². The van der Waals surface area contributed by atoms with Gasteiger partial charge in [0.25, 0.3) is 0 Å². The minimum absolute atomic E-state index is 0.167. The molecule has 0 radical (unpaired) electrons. The van der Waals surface area contributed by atoms with Crippen LogP contribution >= 0.6 is 0 Å². The summed E-state index contributed by atoms with van der Waals surface area (Å²) < 4.78 is 28.1. The average molecular weight is 298 g/mol. The molecule has 2 aliphatic rings. The molecule has 20 heavy (non-hydrogen) atoms. The van der Waals surface area contributed by atoms with E-state index in [1.807, 2.05) is 0 Å². The first-order chi connectivity index (χ1) is 9.57. The Morgan fingerprint density at radius 3 is 2.75 bits per heavy atom. The molecule has 2 saturated carbocycles. The molecule has 2 fully saturated rings. The first kappa shape index (κ1) is 14.0. The molecule has 112 valence electrons. The second-order valence-electron chi connectivity index (χ2n) is 5.77. The van der Waals surface area contributed by atoms with Gasteiger partial charge >= 0.3 is 0 Å². The SMILES string of the molecule is CN(C1CCC1)S(=O)(=O)c1cnn(CCNC2CC2)c1. The number of hydrogen-bond donors (Lipinski definition) is 1. The number of aromatic nitrogens is 2. The minimum Gasteiger partial charge on any atom is -0.312 e. The fraction of sp³-hybridized carbons (Fsp3) is 0.769. The molecule has 1 aromatic rings. The molecule has 7 heteroatoms. The van der Waals surface area contributed by atoms with Gasteiger partial charge in [0.05, 0.1) is 12.7 Å². The predicted octanol–water partition coefficient (Wildman–Crippen LogP) is 0.808. The van der Waals surface area contributed by atoms with E-state index < -0.39 is 10.0 Å². The molecule has 0 spiro atoms. The Morgan fingerprint density at radius 2 is 2.15 bits per heavy atom. The van der Waals surface area contributed by atoms with Crippen LogP contribution in [-0.2, 0) is 16.6 Å². The van der Waals surface area contributed by atoms with Crippen molar-refractivity contribution in [2.45, 2.75) is 55.6 Å². The summed E-state index contributed by atoms with van der Waals surface area (Å²) in [5, 5.41) is 7.55. The Labute approximate surface area is 120 Å². The van der Waals surface area contributed by atoms with Crippen LogP contribution in [0.2, 0.25) is 0 Å². The molecule has 0 aliphatic heterocycles. The predicted molar refractivity (Wildman–Crippen MR) is 75.8 cm³/mol. The Balaban J connectivity index is 1.61. The topological polar surface area (TPSA) is 67.2 Å². The van der Waals surface area contributed by atoms with Crippen LogP contribution < -0.4 is 5.32 Å². The van der Waals surface area contributed by atoms with Gasteiger partial charge in [-0.15, -0.1) is 0 Å². The number of rotatable bonds is 7. The third kappa shape index (κ3) is 2.89. The van der Waals surface area contributed by atoms with Crippen molar-refractivity contribution in [3.8, 4) is 0 Å². The third-order valence-corrected chi connectivity index (χ3v) is 6.09. The Morgan fingerprint density at radius 1 is 1.40 bits per heavy atom. The molecule has 6 nitrogen and oxygen atoms in total. The van der Waals surface area contributed by atoms with Gasteiger partial charge in [-0.25, -0.2) is 8.42 Å². The molecule has 0 bridgehead atoms. The smallest absolute Gasteiger partial charge is 0.246 e. The van der Waals surface area contributed by atoms with E-state index >= 15 is 0 Å². The van der Waals surface area contributed by atoms with Crippen molar-refractivity contribution in [3.63, 3.8) is 0 Å². The molecule has 0 unspecified atom stereocenters. The van der Waals surface area contributed by atoms with Crippen LogP contribution in [-0.4, -0.2) is 48.2 Å². The van der Waals surface area contributed by atoms with Crippen LogP contribution in [0.25, 0.3) is 0 Å². The summed E-state index contributed by atoms with van der Waals surface area (Å²) in [6.45, 7) is 1.55. The fourth-order valence-electron chi connectivity index (χ4n) is 2.38. The lowest BCUT2D eigenvalue weighted by Crippen LogP contribution is -2.41. The van der Waals surface area contributed by atoms with Crippen LogP contribution in [0, 0.1) is 0 Å². The zero-order chi connectivity index (χ0) is 14.2. The summed E-state index contributed by atoms with van der Waals surface area (Å²) in [5.41, 5.74) is 0. The van der Waals surface area contributed by atoms with Crippen molar-refractivity contribution < 1.29 is 8.42 Å². The van der Waals surface area contributed by atoms with Crippen LogP contribution in [0.15, 0.2) is 17.3 Å². The normalized spacial score (nSPS) is 20.3. The van der Waals surface area contributed by atoms with Crippen molar-refractivity contribution in [2.75, 3.05) is 13.6 Å². The summed E-state index contributed by atoms with van der Waals surface area (Å²) in [6, 6.07) is 0.832. The molecule has 0 saturated heterocycles. The Bertz CT molecular complexity index is 561. The molecule has 3 rings (SSSR count). The lowest BCUT2D eigenvalue weighted by molar-refractivity contribution is 0.249. The van der Waals surface area contributed by atoms with Gasteiger partial charge in [0.1, 0.15) is 4.90 Å². The van der Waals surface area contributed by atoms with Gasteiger partial charge in [-0.05, 0) is 25.7 Å². The standard InChI is InChI=1S/C13H22N4O2S/c1-16(12-3-2-4-12)20(18,19)13-9-15-17(10-13)8-7-14-11-5-6-11/h9-12,14H,2-8H2,1H3. The molecular formula is C13H22N4O2S. The lowest BCUT2D eigenvalue weighted by Gasteiger charge is -2.33. The Kier molecular flexibility index (Phi) is 3.83.